The van der Waals surface area contributed by atoms with Crippen molar-refractivity contribution in [3.05, 3.63) is 71.7 Å². The summed E-state index contributed by atoms with van der Waals surface area (Å²) in [5, 5.41) is 0. The van der Waals surface area contributed by atoms with Gasteiger partial charge in [-0.05, 0) is 43.2 Å². The first kappa shape index (κ1) is 19.0. The zero-order chi connectivity index (χ0) is 19.4. The Morgan fingerprint density at radius 3 is 2.44 bits per heavy atom. The van der Waals surface area contributed by atoms with E-state index in [0.29, 0.717) is 17.0 Å². The third-order valence-corrected chi connectivity index (χ3v) is 5.76. The normalized spacial score (nSPS) is 11.4. The van der Waals surface area contributed by atoms with Gasteiger partial charge in [-0.3, -0.25) is 0 Å². The summed E-state index contributed by atoms with van der Waals surface area (Å²) >= 11 is 0. The van der Waals surface area contributed by atoms with Gasteiger partial charge < -0.3 is 4.74 Å². The van der Waals surface area contributed by atoms with Gasteiger partial charge in [0.1, 0.15) is 12.1 Å². The molecule has 27 heavy (non-hydrogen) atoms. The maximum absolute atomic E-state index is 12.7. The standard InChI is InChI=1S/C20H21N3O3S/c1-14-10-20(15(2)9-19(14)26-3)27(24,25)23-12-17-11-18(22-13-21-17)16-7-5-4-6-8-16/h4-11,13,23H,12H2,1-3H3. The molecule has 0 amide bonds. The van der Waals surface area contributed by atoms with Crippen LogP contribution in [-0.2, 0) is 16.6 Å². The van der Waals surface area contributed by atoms with Crippen molar-refractivity contribution in [1.29, 1.82) is 0 Å². The maximum atomic E-state index is 12.7. The molecule has 0 saturated carbocycles. The zero-order valence-corrected chi connectivity index (χ0v) is 16.2. The van der Waals surface area contributed by atoms with Crippen LogP contribution in [0.5, 0.6) is 5.75 Å². The van der Waals surface area contributed by atoms with Crippen molar-refractivity contribution >= 4 is 10.0 Å². The second-order valence-electron chi connectivity index (χ2n) is 6.17. The molecule has 3 aromatic rings. The number of hydrogen-bond donors (Lipinski definition) is 1. The van der Waals surface area contributed by atoms with E-state index in [1.807, 2.05) is 37.3 Å². The van der Waals surface area contributed by atoms with Crippen molar-refractivity contribution in [3.63, 3.8) is 0 Å². The molecule has 0 fully saturated rings. The molecule has 0 radical (unpaired) electrons. The molecule has 1 N–H and O–H groups in total. The van der Waals surface area contributed by atoms with E-state index in [1.54, 1.807) is 32.2 Å². The smallest absolute Gasteiger partial charge is 0.241 e. The van der Waals surface area contributed by atoms with Gasteiger partial charge in [0.05, 0.1) is 29.9 Å². The molecule has 0 aliphatic carbocycles. The number of sulfonamides is 1. The molecule has 2 aromatic carbocycles. The molecular weight excluding hydrogens is 362 g/mol. The lowest BCUT2D eigenvalue weighted by Gasteiger charge is -2.13. The summed E-state index contributed by atoms with van der Waals surface area (Å²) in [7, 11) is -2.12. The second kappa shape index (κ2) is 7.85. The zero-order valence-electron chi connectivity index (χ0n) is 15.4. The van der Waals surface area contributed by atoms with Gasteiger partial charge in [-0.1, -0.05) is 30.3 Å². The maximum Gasteiger partial charge on any atom is 0.241 e. The van der Waals surface area contributed by atoms with Crippen LogP contribution in [0.3, 0.4) is 0 Å². The van der Waals surface area contributed by atoms with Crippen LogP contribution < -0.4 is 9.46 Å². The van der Waals surface area contributed by atoms with Crippen LogP contribution in [-0.4, -0.2) is 25.5 Å². The Morgan fingerprint density at radius 1 is 1.00 bits per heavy atom. The molecule has 140 valence electrons. The van der Waals surface area contributed by atoms with Crippen molar-refractivity contribution in [3.8, 4) is 17.0 Å². The summed E-state index contributed by atoms with van der Waals surface area (Å²) < 4.78 is 33.3. The van der Waals surface area contributed by atoms with Crippen molar-refractivity contribution in [1.82, 2.24) is 14.7 Å². The lowest BCUT2D eigenvalue weighted by Crippen LogP contribution is -2.24. The van der Waals surface area contributed by atoms with Crippen molar-refractivity contribution in [2.45, 2.75) is 25.3 Å². The first-order valence-corrected chi connectivity index (χ1v) is 9.90. The van der Waals surface area contributed by atoms with Crippen LogP contribution in [0.2, 0.25) is 0 Å². The number of rotatable bonds is 6. The molecule has 0 saturated heterocycles. The van der Waals surface area contributed by atoms with Gasteiger partial charge in [-0.2, -0.15) is 0 Å². The van der Waals surface area contributed by atoms with E-state index in [1.165, 1.54) is 6.33 Å². The molecule has 0 aliphatic rings. The van der Waals surface area contributed by atoms with E-state index in [4.69, 9.17) is 4.74 Å². The highest BCUT2D eigenvalue weighted by Crippen LogP contribution is 2.25. The first-order chi connectivity index (χ1) is 12.9. The molecule has 0 aliphatic heterocycles. The Bertz CT molecular complexity index is 1050. The highest BCUT2D eigenvalue weighted by atomic mass is 32.2. The number of aryl methyl sites for hydroxylation is 2. The van der Waals surface area contributed by atoms with Gasteiger partial charge in [0, 0.05) is 5.56 Å². The van der Waals surface area contributed by atoms with Gasteiger partial charge in [0.25, 0.3) is 0 Å². The molecule has 6 nitrogen and oxygen atoms in total. The minimum atomic E-state index is -3.68. The van der Waals surface area contributed by atoms with E-state index in [9.17, 15) is 8.42 Å². The predicted molar refractivity (Wildman–Crippen MR) is 104 cm³/mol. The van der Waals surface area contributed by atoms with Crippen LogP contribution in [0.15, 0.2) is 59.8 Å². The number of aromatic nitrogens is 2. The SMILES string of the molecule is COc1cc(C)c(S(=O)(=O)NCc2cc(-c3ccccc3)ncn2)cc1C. The first-order valence-electron chi connectivity index (χ1n) is 8.42. The van der Waals surface area contributed by atoms with Crippen LogP contribution in [0.25, 0.3) is 11.3 Å². The second-order valence-corrected chi connectivity index (χ2v) is 7.91. The Kier molecular flexibility index (Phi) is 5.53. The van der Waals surface area contributed by atoms with Crippen LogP contribution in [0.1, 0.15) is 16.8 Å². The van der Waals surface area contributed by atoms with Gasteiger partial charge in [0.2, 0.25) is 10.0 Å². The third kappa shape index (κ3) is 4.32. The highest BCUT2D eigenvalue weighted by molar-refractivity contribution is 7.89. The highest BCUT2D eigenvalue weighted by Gasteiger charge is 2.19. The fourth-order valence-electron chi connectivity index (χ4n) is 2.78. The Morgan fingerprint density at radius 2 is 1.74 bits per heavy atom. The van der Waals surface area contributed by atoms with E-state index < -0.39 is 10.0 Å². The largest absolute Gasteiger partial charge is 0.496 e. The molecule has 0 atom stereocenters. The van der Waals surface area contributed by atoms with Gasteiger partial charge in [-0.25, -0.2) is 23.1 Å². The third-order valence-electron chi connectivity index (χ3n) is 4.22. The van der Waals surface area contributed by atoms with E-state index in [0.717, 1.165) is 16.8 Å². The number of ether oxygens (including phenoxy) is 1. The molecule has 3 rings (SSSR count). The van der Waals surface area contributed by atoms with Gasteiger partial charge in [0.15, 0.2) is 0 Å². The summed E-state index contributed by atoms with van der Waals surface area (Å²) in [6, 6.07) is 14.8. The number of nitrogens with zero attached hydrogens (tertiary/aromatic N) is 2. The number of nitrogens with one attached hydrogen (secondary N) is 1. The molecule has 7 heteroatoms. The molecule has 0 spiro atoms. The van der Waals surface area contributed by atoms with Crippen molar-refractivity contribution < 1.29 is 13.2 Å². The molecule has 1 heterocycles. The topological polar surface area (TPSA) is 81.2 Å². The van der Waals surface area contributed by atoms with E-state index >= 15 is 0 Å². The number of hydrogen-bond acceptors (Lipinski definition) is 5. The Hall–Kier alpha value is -2.77. The fraction of sp³-hybridized carbons (Fsp3) is 0.200. The summed E-state index contributed by atoms with van der Waals surface area (Å²) in [5.41, 5.74) is 3.67. The van der Waals surface area contributed by atoms with Crippen molar-refractivity contribution in [2.24, 2.45) is 0 Å². The summed E-state index contributed by atoms with van der Waals surface area (Å²) in [4.78, 5) is 8.66. The van der Waals surface area contributed by atoms with Crippen LogP contribution >= 0.6 is 0 Å². The average molecular weight is 383 g/mol. The van der Waals surface area contributed by atoms with E-state index in [-0.39, 0.29) is 11.4 Å². The summed E-state index contributed by atoms with van der Waals surface area (Å²) in [6.45, 7) is 3.64. The summed E-state index contributed by atoms with van der Waals surface area (Å²) in [6.07, 6.45) is 1.44. The van der Waals surface area contributed by atoms with Crippen LogP contribution in [0, 0.1) is 13.8 Å². The molecule has 0 bridgehead atoms. The van der Waals surface area contributed by atoms with Gasteiger partial charge in [-0.15, -0.1) is 0 Å². The quantitative estimate of drug-likeness (QED) is 0.707. The minimum absolute atomic E-state index is 0.0786. The Labute approximate surface area is 159 Å². The fourth-order valence-corrected chi connectivity index (χ4v) is 4.09. The average Bonchev–Trinajstić information content (AvgIpc) is 2.68. The van der Waals surface area contributed by atoms with Gasteiger partial charge >= 0.3 is 0 Å². The lowest BCUT2D eigenvalue weighted by molar-refractivity contribution is 0.411. The number of benzene rings is 2. The Balaban J connectivity index is 1.81. The molecule has 1 aromatic heterocycles. The monoisotopic (exact) mass is 383 g/mol. The minimum Gasteiger partial charge on any atom is -0.496 e. The molecular formula is C20H21N3O3S. The number of methoxy groups -OCH3 is 1. The molecule has 0 unspecified atom stereocenters. The van der Waals surface area contributed by atoms with E-state index in [2.05, 4.69) is 14.7 Å². The van der Waals surface area contributed by atoms with Crippen LogP contribution in [0.4, 0.5) is 0 Å². The summed E-state index contributed by atoms with van der Waals surface area (Å²) in [5.74, 6) is 0.662. The lowest BCUT2D eigenvalue weighted by atomic mass is 10.1. The predicted octanol–water partition coefficient (Wildman–Crippen LogP) is 3.25. The van der Waals surface area contributed by atoms with Crippen molar-refractivity contribution in [2.75, 3.05) is 7.11 Å².